The van der Waals surface area contributed by atoms with Gasteiger partial charge >= 0.3 is 0 Å². The maximum absolute atomic E-state index is 5.93. The monoisotopic (exact) mass is 217 g/mol. The van der Waals surface area contributed by atoms with Gasteiger partial charge in [0.15, 0.2) is 5.75 Å². The largest absolute Gasteiger partial charge is 0.437 e. The smallest absolute Gasteiger partial charge is 0.217 e. The third-order valence-corrected chi connectivity index (χ3v) is 2.46. The molecule has 0 saturated heterocycles. The molecular weight excluding hydrogens is 202 g/mol. The zero-order valence-corrected chi connectivity index (χ0v) is 9.69. The standard InChI is InChI=1S/C12H15N3O/c1-8-5-4-6-10(12(8)13)16-11-7-9(2)14-15(11)3/h4-7H,13H2,1-3H3. The Bertz CT molecular complexity index is 517. The number of nitrogen functional groups attached to an aromatic ring is 1. The minimum absolute atomic E-state index is 0.668. The number of hydrogen-bond donors (Lipinski definition) is 1. The molecule has 0 fully saturated rings. The van der Waals surface area contributed by atoms with Gasteiger partial charge < -0.3 is 10.5 Å². The second kappa shape index (κ2) is 3.89. The summed E-state index contributed by atoms with van der Waals surface area (Å²) >= 11 is 0. The first-order chi connectivity index (χ1) is 7.58. The molecule has 2 rings (SSSR count). The Morgan fingerprint density at radius 2 is 2.06 bits per heavy atom. The van der Waals surface area contributed by atoms with E-state index in [0.717, 1.165) is 11.3 Å². The lowest BCUT2D eigenvalue weighted by atomic mass is 10.2. The highest BCUT2D eigenvalue weighted by Crippen LogP contribution is 2.29. The Morgan fingerprint density at radius 1 is 1.31 bits per heavy atom. The number of ether oxygens (including phenoxy) is 1. The summed E-state index contributed by atoms with van der Waals surface area (Å²) in [5.74, 6) is 1.36. The van der Waals surface area contributed by atoms with Crippen molar-refractivity contribution in [2.45, 2.75) is 13.8 Å². The van der Waals surface area contributed by atoms with Gasteiger partial charge in [-0.2, -0.15) is 5.10 Å². The molecule has 1 aromatic carbocycles. The van der Waals surface area contributed by atoms with Crippen LogP contribution in [0.3, 0.4) is 0 Å². The molecule has 84 valence electrons. The van der Waals surface area contributed by atoms with Crippen molar-refractivity contribution in [3.63, 3.8) is 0 Å². The highest BCUT2D eigenvalue weighted by Gasteiger charge is 2.07. The predicted octanol–water partition coefficient (Wildman–Crippen LogP) is 2.41. The Balaban J connectivity index is 2.34. The molecule has 4 heteroatoms. The third kappa shape index (κ3) is 1.86. The lowest BCUT2D eigenvalue weighted by Crippen LogP contribution is -1.98. The topological polar surface area (TPSA) is 53.1 Å². The number of aryl methyl sites for hydroxylation is 3. The summed E-state index contributed by atoms with van der Waals surface area (Å²) in [6, 6.07) is 7.60. The van der Waals surface area contributed by atoms with E-state index in [1.54, 1.807) is 4.68 Å². The van der Waals surface area contributed by atoms with Crippen molar-refractivity contribution in [3.8, 4) is 11.6 Å². The maximum Gasteiger partial charge on any atom is 0.217 e. The Hall–Kier alpha value is -1.97. The van der Waals surface area contributed by atoms with Gasteiger partial charge in [-0.3, -0.25) is 0 Å². The van der Waals surface area contributed by atoms with Gasteiger partial charge in [-0.25, -0.2) is 4.68 Å². The van der Waals surface area contributed by atoms with E-state index < -0.39 is 0 Å². The fourth-order valence-electron chi connectivity index (χ4n) is 1.54. The first-order valence-corrected chi connectivity index (χ1v) is 5.11. The zero-order chi connectivity index (χ0) is 11.7. The van der Waals surface area contributed by atoms with Crippen molar-refractivity contribution in [3.05, 3.63) is 35.5 Å². The summed E-state index contributed by atoms with van der Waals surface area (Å²) in [5.41, 5.74) is 8.53. The van der Waals surface area contributed by atoms with Crippen LogP contribution in [0.2, 0.25) is 0 Å². The van der Waals surface area contributed by atoms with Crippen LogP contribution in [0.1, 0.15) is 11.3 Å². The molecule has 0 unspecified atom stereocenters. The average Bonchev–Trinajstić information content (AvgIpc) is 2.53. The van der Waals surface area contributed by atoms with Gasteiger partial charge in [0.25, 0.3) is 0 Å². The predicted molar refractivity (Wildman–Crippen MR) is 63.6 cm³/mol. The maximum atomic E-state index is 5.93. The van der Waals surface area contributed by atoms with Gasteiger partial charge in [0.1, 0.15) is 0 Å². The van der Waals surface area contributed by atoms with E-state index in [4.69, 9.17) is 10.5 Å². The molecule has 4 nitrogen and oxygen atoms in total. The Labute approximate surface area is 94.6 Å². The van der Waals surface area contributed by atoms with E-state index in [1.165, 1.54) is 0 Å². The number of rotatable bonds is 2. The summed E-state index contributed by atoms with van der Waals surface area (Å²) in [6.07, 6.45) is 0. The van der Waals surface area contributed by atoms with Crippen LogP contribution in [0.5, 0.6) is 11.6 Å². The van der Waals surface area contributed by atoms with Gasteiger partial charge in [0.05, 0.1) is 11.4 Å². The fraction of sp³-hybridized carbons (Fsp3) is 0.250. The molecule has 1 aromatic heterocycles. The first-order valence-electron chi connectivity index (χ1n) is 5.11. The van der Waals surface area contributed by atoms with Crippen LogP contribution in [0, 0.1) is 13.8 Å². The van der Waals surface area contributed by atoms with Crippen LogP contribution < -0.4 is 10.5 Å². The lowest BCUT2D eigenvalue weighted by Gasteiger charge is -2.09. The van der Waals surface area contributed by atoms with E-state index >= 15 is 0 Å². The van der Waals surface area contributed by atoms with Crippen molar-refractivity contribution in [1.29, 1.82) is 0 Å². The van der Waals surface area contributed by atoms with Crippen LogP contribution in [0.25, 0.3) is 0 Å². The van der Waals surface area contributed by atoms with Crippen molar-refractivity contribution in [2.75, 3.05) is 5.73 Å². The van der Waals surface area contributed by atoms with E-state index in [0.29, 0.717) is 17.3 Å². The number of para-hydroxylation sites is 1. The molecule has 0 spiro atoms. The quantitative estimate of drug-likeness (QED) is 0.786. The Kier molecular flexibility index (Phi) is 2.56. The molecule has 0 bridgehead atoms. The van der Waals surface area contributed by atoms with Crippen LogP contribution >= 0.6 is 0 Å². The fourth-order valence-corrected chi connectivity index (χ4v) is 1.54. The molecule has 2 N–H and O–H groups in total. The van der Waals surface area contributed by atoms with Gasteiger partial charge in [0, 0.05) is 13.1 Å². The number of nitrogens with two attached hydrogens (primary N) is 1. The average molecular weight is 217 g/mol. The van der Waals surface area contributed by atoms with Gasteiger partial charge in [-0.15, -0.1) is 0 Å². The van der Waals surface area contributed by atoms with Gasteiger partial charge in [-0.1, -0.05) is 12.1 Å². The van der Waals surface area contributed by atoms with Crippen LogP contribution in [0.4, 0.5) is 5.69 Å². The molecule has 2 aromatic rings. The van der Waals surface area contributed by atoms with Crippen LogP contribution in [-0.4, -0.2) is 9.78 Å². The van der Waals surface area contributed by atoms with Crippen molar-refractivity contribution in [2.24, 2.45) is 7.05 Å². The molecule has 16 heavy (non-hydrogen) atoms. The molecule has 0 radical (unpaired) electrons. The Morgan fingerprint density at radius 3 is 2.69 bits per heavy atom. The van der Waals surface area contributed by atoms with Crippen molar-refractivity contribution in [1.82, 2.24) is 9.78 Å². The minimum atomic E-state index is 0.668. The number of benzene rings is 1. The summed E-state index contributed by atoms with van der Waals surface area (Å²) in [6.45, 7) is 3.88. The van der Waals surface area contributed by atoms with Crippen molar-refractivity contribution >= 4 is 5.69 Å². The van der Waals surface area contributed by atoms with Crippen LogP contribution in [0.15, 0.2) is 24.3 Å². The van der Waals surface area contributed by atoms with E-state index in [-0.39, 0.29) is 0 Å². The summed E-state index contributed by atoms with van der Waals surface area (Å²) in [4.78, 5) is 0. The van der Waals surface area contributed by atoms with E-state index in [2.05, 4.69) is 5.10 Å². The lowest BCUT2D eigenvalue weighted by molar-refractivity contribution is 0.432. The first kappa shape index (κ1) is 10.5. The van der Waals surface area contributed by atoms with E-state index in [1.807, 2.05) is 45.2 Å². The second-order valence-electron chi connectivity index (χ2n) is 3.84. The molecule has 0 aliphatic carbocycles. The molecule has 0 aliphatic rings. The second-order valence-corrected chi connectivity index (χ2v) is 3.84. The number of aromatic nitrogens is 2. The molecule has 0 saturated carbocycles. The normalized spacial score (nSPS) is 10.4. The summed E-state index contributed by atoms with van der Waals surface area (Å²) in [7, 11) is 1.84. The summed E-state index contributed by atoms with van der Waals surface area (Å²) in [5, 5.41) is 4.21. The van der Waals surface area contributed by atoms with Crippen LogP contribution in [-0.2, 0) is 7.05 Å². The molecular formula is C12H15N3O. The highest BCUT2D eigenvalue weighted by atomic mass is 16.5. The van der Waals surface area contributed by atoms with Gasteiger partial charge in [0.2, 0.25) is 5.88 Å². The molecule has 0 atom stereocenters. The number of hydrogen-bond acceptors (Lipinski definition) is 3. The minimum Gasteiger partial charge on any atom is -0.437 e. The van der Waals surface area contributed by atoms with Crippen molar-refractivity contribution < 1.29 is 4.74 Å². The molecule has 1 heterocycles. The number of nitrogens with zero attached hydrogens (tertiary/aromatic N) is 2. The third-order valence-electron chi connectivity index (χ3n) is 2.46. The molecule has 0 amide bonds. The van der Waals surface area contributed by atoms with Gasteiger partial charge in [-0.05, 0) is 25.5 Å². The summed E-state index contributed by atoms with van der Waals surface area (Å²) < 4.78 is 7.41. The SMILES string of the molecule is Cc1cc(Oc2cccc(C)c2N)n(C)n1. The zero-order valence-electron chi connectivity index (χ0n) is 9.69. The number of anilines is 1. The highest BCUT2D eigenvalue weighted by molar-refractivity contribution is 5.58. The molecule has 0 aliphatic heterocycles. The van der Waals surface area contributed by atoms with E-state index in [9.17, 15) is 0 Å².